The number of carbonyl (C=O) groups is 1. The lowest BCUT2D eigenvalue weighted by atomic mass is 10.1. The van der Waals surface area contributed by atoms with E-state index in [1.54, 1.807) is 24.6 Å². The number of hydrogen-bond donors (Lipinski definition) is 1. The van der Waals surface area contributed by atoms with E-state index in [2.05, 4.69) is 20.0 Å². The van der Waals surface area contributed by atoms with Crippen molar-refractivity contribution >= 4 is 11.9 Å². The molecular formula is C17H19N3O6. The van der Waals surface area contributed by atoms with Crippen molar-refractivity contribution < 1.29 is 28.2 Å². The Morgan fingerprint density at radius 3 is 3.00 bits per heavy atom. The van der Waals surface area contributed by atoms with Gasteiger partial charge in [-0.2, -0.15) is 0 Å². The van der Waals surface area contributed by atoms with Gasteiger partial charge < -0.3 is 28.7 Å². The SMILES string of the molecule is COC(=O)CO[C@H]1CO[C@@H]2[C@@H]1OC[C@@H]2Nc1nccc(-c2ccco2)n1. The van der Waals surface area contributed by atoms with Crippen LogP contribution in [0.1, 0.15) is 0 Å². The molecule has 2 saturated heterocycles. The number of carbonyl (C=O) groups excluding carboxylic acids is 1. The van der Waals surface area contributed by atoms with Crippen LogP contribution in [0, 0.1) is 0 Å². The molecule has 9 nitrogen and oxygen atoms in total. The molecule has 0 radical (unpaired) electrons. The number of furan rings is 1. The maximum Gasteiger partial charge on any atom is 0.331 e. The predicted octanol–water partition coefficient (Wildman–Crippen LogP) is 0.873. The topological polar surface area (TPSA) is 105 Å². The second-order valence-electron chi connectivity index (χ2n) is 6.02. The highest BCUT2D eigenvalue weighted by Gasteiger charge is 2.48. The molecule has 4 heterocycles. The van der Waals surface area contributed by atoms with Crippen molar-refractivity contribution in [3.8, 4) is 11.5 Å². The molecule has 0 bridgehead atoms. The van der Waals surface area contributed by atoms with E-state index in [0.717, 1.165) is 0 Å². The summed E-state index contributed by atoms with van der Waals surface area (Å²) < 4.78 is 27.1. The molecule has 138 valence electrons. The van der Waals surface area contributed by atoms with E-state index < -0.39 is 5.97 Å². The van der Waals surface area contributed by atoms with Crippen LogP contribution in [0.25, 0.3) is 11.5 Å². The van der Waals surface area contributed by atoms with Crippen molar-refractivity contribution in [2.45, 2.75) is 24.4 Å². The number of hydrogen-bond acceptors (Lipinski definition) is 9. The molecule has 2 aromatic rings. The maximum absolute atomic E-state index is 11.2. The molecule has 0 aromatic carbocycles. The van der Waals surface area contributed by atoms with E-state index in [-0.39, 0.29) is 31.0 Å². The summed E-state index contributed by atoms with van der Waals surface area (Å²) in [5.74, 6) is 0.712. The Morgan fingerprint density at radius 2 is 2.19 bits per heavy atom. The number of rotatable bonds is 6. The van der Waals surface area contributed by atoms with E-state index in [9.17, 15) is 4.79 Å². The van der Waals surface area contributed by atoms with Gasteiger partial charge in [0.05, 0.1) is 32.6 Å². The lowest BCUT2D eigenvalue weighted by Gasteiger charge is -2.17. The average Bonchev–Trinajstić information content (AvgIpc) is 3.39. The third kappa shape index (κ3) is 3.41. The van der Waals surface area contributed by atoms with Crippen LogP contribution in [-0.2, 0) is 23.7 Å². The molecule has 4 rings (SSSR count). The van der Waals surface area contributed by atoms with Gasteiger partial charge in [0.15, 0.2) is 5.76 Å². The van der Waals surface area contributed by atoms with Gasteiger partial charge in [-0.1, -0.05) is 0 Å². The molecule has 2 aliphatic rings. The molecule has 4 atom stereocenters. The molecule has 2 aromatic heterocycles. The van der Waals surface area contributed by atoms with Gasteiger partial charge in [0.1, 0.15) is 30.6 Å². The van der Waals surface area contributed by atoms with Gasteiger partial charge in [-0.05, 0) is 18.2 Å². The molecule has 26 heavy (non-hydrogen) atoms. The molecule has 9 heteroatoms. The molecule has 0 aliphatic carbocycles. The van der Waals surface area contributed by atoms with Crippen LogP contribution in [0.15, 0.2) is 35.1 Å². The van der Waals surface area contributed by atoms with Crippen molar-refractivity contribution in [2.75, 3.05) is 32.2 Å². The van der Waals surface area contributed by atoms with E-state index in [4.69, 9.17) is 18.6 Å². The first-order valence-electron chi connectivity index (χ1n) is 8.29. The molecule has 2 fully saturated rings. The first-order chi connectivity index (χ1) is 12.7. The average molecular weight is 361 g/mol. The number of aromatic nitrogens is 2. The minimum Gasteiger partial charge on any atom is -0.467 e. The van der Waals surface area contributed by atoms with E-state index in [1.165, 1.54) is 7.11 Å². The number of ether oxygens (including phenoxy) is 4. The summed E-state index contributed by atoms with van der Waals surface area (Å²) in [6.45, 7) is 0.670. The Balaban J connectivity index is 1.38. The van der Waals surface area contributed by atoms with Gasteiger partial charge in [-0.3, -0.25) is 0 Å². The van der Waals surface area contributed by atoms with Crippen LogP contribution in [0.5, 0.6) is 0 Å². The Kier molecular flexibility index (Phi) is 4.83. The second kappa shape index (κ2) is 7.40. The highest BCUT2D eigenvalue weighted by atomic mass is 16.6. The number of esters is 1. The van der Waals surface area contributed by atoms with Gasteiger partial charge in [0.2, 0.25) is 5.95 Å². The van der Waals surface area contributed by atoms with E-state index in [1.807, 2.05) is 6.07 Å². The fourth-order valence-electron chi connectivity index (χ4n) is 3.12. The number of nitrogens with zero attached hydrogens (tertiary/aromatic N) is 2. The molecule has 0 spiro atoms. The van der Waals surface area contributed by atoms with Crippen molar-refractivity contribution in [1.82, 2.24) is 9.97 Å². The van der Waals surface area contributed by atoms with Gasteiger partial charge in [-0.25, -0.2) is 14.8 Å². The Labute approximate surface area is 149 Å². The van der Waals surface area contributed by atoms with Gasteiger partial charge in [-0.15, -0.1) is 0 Å². The molecule has 1 N–H and O–H groups in total. The van der Waals surface area contributed by atoms with Crippen molar-refractivity contribution in [3.63, 3.8) is 0 Å². The molecule has 2 aliphatic heterocycles. The fraction of sp³-hybridized carbons (Fsp3) is 0.471. The predicted molar refractivity (Wildman–Crippen MR) is 88.4 cm³/mol. The minimum absolute atomic E-state index is 0.112. The molecule has 0 amide bonds. The first kappa shape index (κ1) is 17.0. The first-order valence-corrected chi connectivity index (χ1v) is 8.29. The summed E-state index contributed by atoms with van der Waals surface area (Å²) in [4.78, 5) is 19.9. The van der Waals surface area contributed by atoms with Gasteiger partial charge >= 0.3 is 5.97 Å². The Hall–Kier alpha value is -2.49. The maximum atomic E-state index is 11.2. The van der Waals surface area contributed by atoms with Crippen LogP contribution >= 0.6 is 0 Å². The number of anilines is 1. The third-order valence-corrected chi connectivity index (χ3v) is 4.39. The molecule has 0 saturated carbocycles. The summed E-state index contributed by atoms with van der Waals surface area (Å²) in [6, 6.07) is 5.31. The lowest BCUT2D eigenvalue weighted by molar-refractivity contribution is -0.149. The Bertz CT molecular complexity index is 753. The normalized spacial score (nSPS) is 27.3. The third-order valence-electron chi connectivity index (χ3n) is 4.39. The van der Waals surface area contributed by atoms with Crippen LogP contribution in [-0.4, -0.2) is 67.2 Å². The van der Waals surface area contributed by atoms with Crippen LogP contribution < -0.4 is 5.32 Å². The fourth-order valence-corrected chi connectivity index (χ4v) is 3.12. The smallest absolute Gasteiger partial charge is 0.331 e. The van der Waals surface area contributed by atoms with Crippen molar-refractivity contribution in [3.05, 3.63) is 30.7 Å². The van der Waals surface area contributed by atoms with Crippen LogP contribution in [0.2, 0.25) is 0 Å². The van der Waals surface area contributed by atoms with Gasteiger partial charge in [0, 0.05) is 6.20 Å². The zero-order valence-electron chi connectivity index (χ0n) is 14.2. The van der Waals surface area contributed by atoms with Crippen LogP contribution in [0.3, 0.4) is 0 Å². The summed E-state index contributed by atoms with van der Waals surface area (Å²) in [7, 11) is 1.32. The van der Waals surface area contributed by atoms with Crippen LogP contribution in [0.4, 0.5) is 5.95 Å². The zero-order valence-corrected chi connectivity index (χ0v) is 14.2. The summed E-state index contributed by atoms with van der Waals surface area (Å²) in [6.07, 6.45) is 2.51. The van der Waals surface area contributed by atoms with E-state index >= 15 is 0 Å². The lowest BCUT2D eigenvalue weighted by Crippen LogP contribution is -2.37. The Morgan fingerprint density at radius 1 is 1.31 bits per heavy atom. The summed E-state index contributed by atoms with van der Waals surface area (Å²) in [5.41, 5.74) is 0.689. The number of methoxy groups -OCH3 is 1. The van der Waals surface area contributed by atoms with E-state index in [0.29, 0.717) is 30.6 Å². The quantitative estimate of drug-likeness (QED) is 0.750. The highest BCUT2D eigenvalue weighted by molar-refractivity contribution is 5.70. The zero-order chi connectivity index (χ0) is 17.9. The van der Waals surface area contributed by atoms with Gasteiger partial charge in [0.25, 0.3) is 0 Å². The number of nitrogens with one attached hydrogen (secondary N) is 1. The van der Waals surface area contributed by atoms with Crippen molar-refractivity contribution in [2.24, 2.45) is 0 Å². The molecular weight excluding hydrogens is 342 g/mol. The van der Waals surface area contributed by atoms with Crippen molar-refractivity contribution in [1.29, 1.82) is 0 Å². The minimum atomic E-state index is -0.427. The summed E-state index contributed by atoms with van der Waals surface area (Å²) in [5, 5.41) is 3.25. The number of fused-ring (bicyclic) bond motifs is 1. The largest absolute Gasteiger partial charge is 0.467 e. The molecule has 0 unspecified atom stereocenters. The standard InChI is InChI=1S/C17H19N3O6/c1-22-14(21)9-24-13-8-26-15-11(7-25-16(13)15)20-17-18-5-4-10(19-17)12-3-2-6-23-12/h2-6,11,13,15-16H,7-9H2,1H3,(H,18,19,20)/t11-,13-,15-,16+/m0/s1. The summed E-state index contributed by atoms with van der Waals surface area (Å²) >= 11 is 0. The second-order valence-corrected chi connectivity index (χ2v) is 6.02. The monoisotopic (exact) mass is 361 g/mol. The highest BCUT2D eigenvalue weighted by Crippen LogP contribution is 2.30.